The Labute approximate surface area is 172 Å². The first kappa shape index (κ1) is 20.9. The molecule has 1 aliphatic rings. The van der Waals surface area contributed by atoms with E-state index in [-0.39, 0.29) is 12.0 Å². The summed E-state index contributed by atoms with van der Waals surface area (Å²) >= 11 is 0. The highest BCUT2D eigenvalue weighted by molar-refractivity contribution is 5.92. The van der Waals surface area contributed by atoms with Crippen molar-refractivity contribution >= 4 is 12.0 Å². The Morgan fingerprint density at radius 2 is 1.83 bits per heavy atom. The second-order valence-electron chi connectivity index (χ2n) is 7.37. The van der Waals surface area contributed by atoms with E-state index in [9.17, 15) is 4.79 Å². The lowest BCUT2D eigenvalue weighted by Crippen LogP contribution is -2.47. The molecule has 1 aliphatic heterocycles. The van der Waals surface area contributed by atoms with Gasteiger partial charge in [-0.25, -0.2) is 0 Å². The quantitative estimate of drug-likeness (QED) is 0.674. The average molecular weight is 396 g/mol. The Morgan fingerprint density at radius 3 is 2.48 bits per heavy atom. The van der Waals surface area contributed by atoms with Crippen LogP contribution < -0.4 is 9.47 Å². The van der Waals surface area contributed by atoms with Crippen LogP contribution in [-0.2, 0) is 11.3 Å². The van der Waals surface area contributed by atoms with E-state index in [1.807, 2.05) is 67.5 Å². The molecule has 0 N–H and O–H groups in total. The van der Waals surface area contributed by atoms with Crippen molar-refractivity contribution in [2.75, 3.05) is 33.3 Å². The van der Waals surface area contributed by atoms with Crippen molar-refractivity contribution in [3.05, 3.63) is 59.9 Å². The molecule has 1 fully saturated rings. The van der Waals surface area contributed by atoms with Gasteiger partial charge in [0.25, 0.3) is 0 Å². The second-order valence-corrected chi connectivity index (χ2v) is 7.37. The summed E-state index contributed by atoms with van der Waals surface area (Å²) in [5.41, 5.74) is 2.15. The van der Waals surface area contributed by atoms with Gasteiger partial charge in [0.05, 0.1) is 13.2 Å². The number of carbonyl (C=O) groups is 1. The van der Waals surface area contributed by atoms with E-state index < -0.39 is 0 Å². The number of ether oxygens (including phenoxy) is 2. The summed E-state index contributed by atoms with van der Waals surface area (Å²) < 4.78 is 11.1. The van der Waals surface area contributed by atoms with Gasteiger partial charge in [-0.15, -0.1) is 0 Å². The molecule has 0 atom stereocenters. The molecule has 0 unspecified atom stereocenters. The van der Waals surface area contributed by atoms with Gasteiger partial charge in [-0.2, -0.15) is 0 Å². The lowest BCUT2D eigenvalue weighted by molar-refractivity contribution is -0.127. The number of piperazine rings is 1. The van der Waals surface area contributed by atoms with Crippen molar-refractivity contribution in [1.29, 1.82) is 0 Å². The molecular weight excluding hydrogens is 366 g/mol. The minimum absolute atomic E-state index is 0.0371. The van der Waals surface area contributed by atoms with Crippen LogP contribution in [-0.4, -0.2) is 60.1 Å². The Kier molecular flexibility index (Phi) is 7.25. The van der Waals surface area contributed by atoms with Crippen LogP contribution in [0.5, 0.6) is 11.5 Å². The molecule has 29 heavy (non-hydrogen) atoms. The van der Waals surface area contributed by atoms with Crippen LogP contribution in [0.25, 0.3) is 6.08 Å². The lowest BCUT2D eigenvalue weighted by atomic mass is 10.1. The number of nitrogens with zero attached hydrogens (tertiary/aromatic N) is 3. The lowest BCUT2D eigenvalue weighted by Gasteiger charge is -2.34. The minimum Gasteiger partial charge on any atom is -0.493 e. The Hall–Kier alpha value is -2.86. The van der Waals surface area contributed by atoms with Gasteiger partial charge < -0.3 is 14.4 Å². The normalized spacial score (nSPS) is 15.1. The van der Waals surface area contributed by atoms with E-state index in [0.717, 1.165) is 38.3 Å². The van der Waals surface area contributed by atoms with Crippen LogP contribution in [0.2, 0.25) is 0 Å². The van der Waals surface area contributed by atoms with Crippen LogP contribution in [0, 0.1) is 0 Å². The van der Waals surface area contributed by atoms with E-state index in [1.165, 1.54) is 5.56 Å². The van der Waals surface area contributed by atoms with Gasteiger partial charge in [0.15, 0.2) is 11.5 Å². The summed E-state index contributed by atoms with van der Waals surface area (Å²) in [7, 11) is 1.62. The smallest absolute Gasteiger partial charge is 0.246 e. The van der Waals surface area contributed by atoms with Gasteiger partial charge in [-0.05, 0) is 55.3 Å². The van der Waals surface area contributed by atoms with Crippen LogP contribution in [0.15, 0.2) is 48.8 Å². The summed E-state index contributed by atoms with van der Waals surface area (Å²) in [4.78, 5) is 20.9. The Bertz CT molecular complexity index is 829. The zero-order chi connectivity index (χ0) is 20.6. The molecule has 3 rings (SSSR count). The molecule has 1 saturated heterocycles. The highest BCUT2D eigenvalue weighted by Gasteiger charge is 2.19. The molecule has 2 heterocycles. The van der Waals surface area contributed by atoms with Crippen LogP contribution >= 0.6 is 0 Å². The predicted molar refractivity (Wildman–Crippen MR) is 114 cm³/mol. The number of aromatic nitrogens is 1. The Morgan fingerprint density at radius 1 is 1.10 bits per heavy atom. The molecule has 0 radical (unpaired) electrons. The summed E-state index contributed by atoms with van der Waals surface area (Å²) in [6.45, 7) is 8.06. The fourth-order valence-electron chi connectivity index (χ4n) is 3.28. The highest BCUT2D eigenvalue weighted by Crippen LogP contribution is 2.29. The maximum atomic E-state index is 12.6. The van der Waals surface area contributed by atoms with Gasteiger partial charge >= 0.3 is 0 Å². The maximum absolute atomic E-state index is 12.6. The fraction of sp³-hybridized carbons (Fsp3) is 0.391. The maximum Gasteiger partial charge on any atom is 0.246 e. The van der Waals surface area contributed by atoms with Crippen molar-refractivity contribution in [3.8, 4) is 11.5 Å². The summed E-state index contributed by atoms with van der Waals surface area (Å²) in [5, 5.41) is 0. The van der Waals surface area contributed by atoms with Gasteiger partial charge in [-0.3, -0.25) is 14.7 Å². The molecule has 0 spiro atoms. The van der Waals surface area contributed by atoms with Gasteiger partial charge in [0, 0.05) is 51.2 Å². The number of benzene rings is 1. The number of rotatable bonds is 7. The largest absolute Gasteiger partial charge is 0.493 e. The molecule has 6 nitrogen and oxygen atoms in total. The zero-order valence-corrected chi connectivity index (χ0v) is 17.4. The fourth-order valence-corrected chi connectivity index (χ4v) is 3.28. The summed E-state index contributed by atoms with van der Waals surface area (Å²) in [6, 6.07) is 9.75. The van der Waals surface area contributed by atoms with Crippen LogP contribution in [0.3, 0.4) is 0 Å². The molecule has 6 heteroatoms. The average Bonchev–Trinajstić information content (AvgIpc) is 2.73. The molecular formula is C23H29N3O3. The van der Waals surface area contributed by atoms with Gasteiger partial charge in [0.1, 0.15) is 0 Å². The van der Waals surface area contributed by atoms with Crippen LogP contribution in [0.4, 0.5) is 0 Å². The third-order valence-electron chi connectivity index (χ3n) is 4.81. The third kappa shape index (κ3) is 6.06. The molecule has 1 amide bonds. The van der Waals surface area contributed by atoms with Gasteiger partial charge in [0.2, 0.25) is 5.91 Å². The predicted octanol–water partition coefficient (Wildman–Crippen LogP) is 3.24. The van der Waals surface area contributed by atoms with E-state index >= 15 is 0 Å². The molecule has 154 valence electrons. The molecule has 2 aromatic rings. The van der Waals surface area contributed by atoms with Crippen LogP contribution in [0.1, 0.15) is 25.0 Å². The first-order valence-electron chi connectivity index (χ1n) is 9.98. The molecule has 0 aliphatic carbocycles. The van der Waals surface area contributed by atoms with Crippen molar-refractivity contribution in [2.45, 2.75) is 26.5 Å². The van der Waals surface area contributed by atoms with Crippen molar-refractivity contribution in [3.63, 3.8) is 0 Å². The van der Waals surface area contributed by atoms with E-state index in [2.05, 4.69) is 9.88 Å². The standard InChI is InChI=1S/C23H29N3O3/c1-18(2)29-21-6-4-19(16-22(21)28-3)5-7-23(27)26-14-12-25(13-15-26)17-20-8-10-24-11-9-20/h4-11,16,18H,12-15,17H2,1-3H3/b7-5+. The number of methoxy groups -OCH3 is 1. The highest BCUT2D eigenvalue weighted by atomic mass is 16.5. The molecule has 1 aromatic heterocycles. The van der Waals surface area contributed by atoms with E-state index in [4.69, 9.17) is 9.47 Å². The Balaban J connectivity index is 1.53. The monoisotopic (exact) mass is 395 g/mol. The third-order valence-corrected chi connectivity index (χ3v) is 4.81. The summed E-state index contributed by atoms with van der Waals surface area (Å²) in [5.74, 6) is 1.41. The number of amides is 1. The van der Waals surface area contributed by atoms with E-state index in [1.54, 1.807) is 13.2 Å². The second kappa shape index (κ2) is 10.1. The van der Waals surface area contributed by atoms with Crippen molar-refractivity contribution < 1.29 is 14.3 Å². The van der Waals surface area contributed by atoms with Gasteiger partial charge in [-0.1, -0.05) is 6.07 Å². The number of pyridine rings is 1. The number of hydrogen-bond acceptors (Lipinski definition) is 5. The first-order valence-corrected chi connectivity index (χ1v) is 9.98. The molecule has 1 aromatic carbocycles. The van der Waals surface area contributed by atoms with Crippen molar-refractivity contribution in [1.82, 2.24) is 14.8 Å². The SMILES string of the molecule is COc1cc(/C=C/C(=O)N2CCN(Cc3ccncc3)CC2)ccc1OC(C)C. The molecule has 0 bridgehead atoms. The topological polar surface area (TPSA) is 54.9 Å². The molecule has 0 saturated carbocycles. The minimum atomic E-state index is 0.0371. The summed E-state index contributed by atoms with van der Waals surface area (Å²) in [6.07, 6.45) is 7.17. The first-order chi connectivity index (χ1) is 14.0. The number of carbonyl (C=O) groups excluding carboxylic acids is 1. The number of hydrogen-bond donors (Lipinski definition) is 0. The van der Waals surface area contributed by atoms with E-state index in [0.29, 0.717) is 11.5 Å². The zero-order valence-electron chi connectivity index (χ0n) is 17.4. The van der Waals surface area contributed by atoms with Crippen molar-refractivity contribution in [2.24, 2.45) is 0 Å².